The number of aromatic nitrogens is 2. The number of allylic oxidation sites excluding steroid dienone is 1. The Morgan fingerprint density at radius 3 is 2.45 bits per heavy atom. The molecule has 3 aromatic rings. The van der Waals surface area contributed by atoms with E-state index in [1.165, 1.54) is 36.0 Å². The van der Waals surface area contributed by atoms with Crippen molar-refractivity contribution in [1.82, 2.24) is 15.3 Å². The Morgan fingerprint density at radius 2 is 1.70 bits per heavy atom. The highest BCUT2D eigenvalue weighted by atomic mass is 35.5. The van der Waals surface area contributed by atoms with Gasteiger partial charge >= 0.3 is 12.1 Å². The average Bonchev–Trinajstić information content (AvgIpc) is 3.33. The van der Waals surface area contributed by atoms with Crippen LogP contribution in [0.1, 0.15) is 46.4 Å². The summed E-state index contributed by atoms with van der Waals surface area (Å²) >= 11 is 6.43. The first-order chi connectivity index (χ1) is 19.1. The molecule has 2 aliphatic rings. The van der Waals surface area contributed by atoms with Crippen molar-refractivity contribution in [2.75, 3.05) is 10.6 Å². The average molecular weight is 574 g/mol. The zero-order chi connectivity index (χ0) is 28.4. The summed E-state index contributed by atoms with van der Waals surface area (Å²) in [4.78, 5) is 32.7. The van der Waals surface area contributed by atoms with Gasteiger partial charge in [0.05, 0.1) is 16.9 Å². The summed E-state index contributed by atoms with van der Waals surface area (Å²) in [7, 11) is 0. The van der Waals surface area contributed by atoms with Crippen molar-refractivity contribution in [3.8, 4) is 0 Å². The zero-order valence-electron chi connectivity index (χ0n) is 20.9. The zero-order valence-corrected chi connectivity index (χ0v) is 21.7. The summed E-state index contributed by atoms with van der Waals surface area (Å²) in [5.41, 5.74) is 3.77. The SMILES string of the molecule is O=C(NC1CC(F)CC(Nc2ncc(Cl)c(C3=CCc4ccccc43)n2)C1)c1ccc(NC(=O)C(F)(F)F)cc1. The number of alkyl halides is 4. The van der Waals surface area contributed by atoms with Crippen LogP contribution in [0.3, 0.4) is 0 Å². The van der Waals surface area contributed by atoms with Gasteiger partial charge in [-0.1, -0.05) is 41.9 Å². The van der Waals surface area contributed by atoms with E-state index in [9.17, 15) is 27.2 Å². The van der Waals surface area contributed by atoms with Crippen LogP contribution in [0.2, 0.25) is 5.02 Å². The van der Waals surface area contributed by atoms with Gasteiger partial charge in [0, 0.05) is 28.9 Å². The molecule has 1 saturated carbocycles. The molecule has 0 aliphatic heterocycles. The minimum atomic E-state index is -5.03. The number of carbonyl (C=O) groups is 2. The number of halogens is 5. The lowest BCUT2D eigenvalue weighted by molar-refractivity contribution is -0.167. The molecule has 0 spiro atoms. The molecule has 3 unspecified atom stereocenters. The van der Waals surface area contributed by atoms with E-state index in [-0.39, 0.29) is 30.1 Å². The lowest BCUT2D eigenvalue weighted by Crippen LogP contribution is -2.45. The smallest absolute Gasteiger partial charge is 0.351 e. The normalized spacial score (nSPS) is 20.3. The molecule has 2 aromatic carbocycles. The Morgan fingerprint density at radius 1 is 0.975 bits per heavy atom. The number of benzene rings is 2. The van der Waals surface area contributed by atoms with Crippen LogP contribution < -0.4 is 16.0 Å². The molecular weight excluding hydrogens is 550 g/mol. The second-order valence-electron chi connectivity index (χ2n) is 9.71. The van der Waals surface area contributed by atoms with Gasteiger partial charge in [-0.25, -0.2) is 14.4 Å². The summed E-state index contributed by atoms with van der Waals surface area (Å²) in [6.07, 6.45) is -1.17. The van der Waals surface area contributed by atoms with Crippen LogP contribution in [0.5, 0.6) is 0 Å². The van der Waals surface area contributed by atoms with E-state index in [2.05, 4.69) is 26.7 Å². The van der Waals surface area contributed by atoms with E-state index in [1.54, 1.807) is 5.32 Å². The summed E-state index contributed by atoms with van der Waals surface area (Å²) in [6.45, 7) is 0. The Balaban J connectivity index is 1.22. The lowest BCUT2D eigenvalue weighted by Gasteiger charge is -2.32. The van der Waals surface area contributed by atoms with Gasteiger partial charge in [-0.3, -0.25) is 9.59 Å². The van der Waals surface area contributed by atoms with Gasteiger partial charge in [-0.15, -0.1) is 0 Å². The van der Waals surface area contributed by atoms with E-state index in [0.717, 1.165) is 17.6 Å². The molecule has 1 aromatic heterocycles. The number of hydrogen-bond acceptors (Lipinski definition) is 5. The maximum Gasteiger partial charge on any atom is 0.471 e. The standard InChI is InChI=1S/C28H24ClF4N5O2/c29-23-14-34-27(38-24(23)22-10-7-15-3-1-2-4-21(15)22)37-20-12-17(30)11-19(13-20)35-25(39)16-5-8-18(9-6-16)36-26(40)28(31,32)33/h1-6,8-10,14,17,19-20H,7,11-13H2,(H,35,39)(H,36,40)(H,34,37,38). The van der Waals surface area contributed by atoms with E-state index in [1.807, 2.05) is 24.3 Å². The highest BCUT2D eigenvalue weighted by Crippen LogP contribution is 2.35. The topological polar surface area (TPSA) is 96.0 Å². The van der Waals surface area contributed by atoms with Crippen molar-refractivity contribution in [2.24, 2.45) is 0 Å². The monoisotopic (exact) mass is 573 g/mol. The largest absolute Gasteiger partial charge is 0.471 e. The van der Waals surface area contributed by atoms with Gasteiger partial charge < -0.3 is 16.0 Å². The Bertz CT molecular complexity index is 1460. The maximum absolute atomic E-state index is 14.7. The fourth-order valence-corrected chi connectivity index (χ4v) is 5.17. The van der Waals surface area contributed by atoms with Gasteiger partial charge in [0.2, 0.25) is 5.95 Å². The van der Waals surface area contributed by atoms with Crippen molar-refractivity contribution < 1.29 is 27.2 Å². The molecule has 40 heavy (non-hydrogen) atoms. The molecule has 208 valence electrons. The lowest BCUT2D eigenvalue weighted by atomic mass is 9.89. The van der Waals surface area contributed by atoms with Crippen molar-refractivity contribution in [3.05, 3.63) is 88.2 Å². The molecule has 12 heteroatoms. The number of rotatable bonds is 6. The van der Waals surface area contributed by atoms with Crippen LogP contribution in [0, 0.1) is 0 Å². The van der Waals surface area contributed by atoms with Crippen LogP contribution in [-0.4, -0.2) is 46.2 Å². The number of anilines is 2. The van der Waals surface area contributed by atoms with Crippen LogP contribution >= 0.6 is 11.6 Å². The molecule has 3 N–H and O–H groups in total. The third kappa shape index (κ3) is 6.25. The van der Waals surface area contributed by atoms with Crippen molar-refractivity contribution in [2.45, 2.75) is 50.1 Å². The van der Waals surface area contributed by atoms with Gasteiger partial charge in [0.15, 0.2) is 0 Å². The number of amides is 2. The van der Waals surface area contributed by atoms with E-state index in [4.69, 9.17) is 11.6 Å². The minimum absolute atomic E-state index is 0.108. The highest BCUT2D eigenvalue weighted by molar-refractivity contribution is 6.32. The van der Waals surface area contributed by atoms with Crippen LogP contribution in [-0.2, 0) is 11.2 Å². The third-order valence-corrected chi connectivity index (χ3v) is 7.09. The molecule has 5 rings (SSSR count). The number of hydrogen-bond donors (Lipinski definition) is 3. The van der Waals surface area contributed by atoms with Crippen LogP contribution in [0.15, 0.2) is 60.8 Å². The first-order valence-corrected chi connectivity index (χ1v) is 13.0. The minimum Gasteiger partial charge on any atom is -0.351 e. The molecule has 1 fully saturated rings. The first-order valence-electron chi connectivity index (χ1n) is 12.6. The van der Waals surface area contributed by atoms with Crippen molar-refractivity contribution in [3.63, 3.8) is 0 Å². The molecule has 0 bridgehead atoms. The second kappa shape index (κ2) is 11.2. The van der Waals surface area contributed by atoms with Crippen molar-refractivity contribution >= 4 is 40.6 Å². The fraction of sp³-hybridized carbons (Fsp3) is 0.286. The summed E-state index contributed by atoms with van der Waals surface area (Å²) < 4.78 is 52.0. The highest BCUT2D eigenvalue weighted by Gasteiger charge is 2.38. The fourth-order valence-electron chi connectivity index (χ4n) is 4.98. The third-order valence-electron chi connectivity index (χ3n) is 6.81. The van der Waals surface area contributed by atoms with Crippen molar-refractivity contribution in [1.29, 1.82) is 0 Å². The van der Waals surface area contributed by atoms with E-state index in [0.29, 0.717) is 23.1 Å². The molecule has 2 amide bonds. The maximum atomic E-state index is 14.7. The van der Waals surface area contributed by atoms with E-state index < -0.39 is 30.2 Å². The quantitative estimate of drug-likeness (QED) is 0.328. The second-order valence-corrected chi connectivity index (χ2v) is 10.1. The van der Waals surface area contributed by atoms with Crippen LogP contribution in [0.4, 0.5) is 29.2 Å². The summed E-state index contributed by atoms with van der Waals surface area (Å²) in [6, 6.07) is 12.1. The molecule has 7 nitrogen and oxygen atoms in total. The molecule has 0 radical (unpaired) electrons. The molecule has 1 heterocycles. The summed E-state index contributed by atoms with van der Waals surface area (Å²) in [5, 5.41) is 8.08. The Labute approximate surface area is 232 Å². The number of fused-ring (bicyclic) bond motifs is 1. The first kappa shape index (κ1) is 27.6. The predicted molar refractivity (Wildman–Crippen MR) is 143 cm³/mol. The Hall–Kier alpha value is -3.99. The van der Waals surface area contributed by atoms with Gasteiger partial charge in [-0.05, 0) is 61.1 Å². The molecule has 3 atom stereocenters. The van der Waals surface area contributed by atoms with Crippen LogP contribution in [0.25, 0.3) is 5.57 Å². The predicted octanol–water partition coefficient (Wildman–Crippen LogP) is 5.72. The number of carbonyl (C=O) groups excluding carboxylic acids is 2. The number of nitrogens with one attached hydrogen (secondary N) is 3. The molecule has 2 aliphatic carbocycles. The van der Waals surface area contributed by atoms with Gasteiger partial charge in [0.25, 0.3) is 5.91 Å². The summed E-state index contributed by atoms with van der Waals surface area (Å²) in [5.74, 6) is -2.32. The number of nitrogens with zero attached hydrogens (tertiary/aromatic N) is 2. The van der Waals surface area contributed by atoms with Gasteiger partial charge in [0.1, 0.15) is 6.17 Å². The molecule has 0 saturated heterocycles. The van der Waals surface area contributed by atoms with E-state index >= 15 is 0 Å². The van der Waals surface area contributed by atoms with Gasteiger partial charge in [-0.2, -0.15) is 13.2 Å². The Kier molecular flexibility index (Phi) is 7.75. The molecular formula is C28H24ClF4N5O2.